The highest BCUT2D eigenvalue weighted by atomic mass is 35.5. The fraction of sp³-hybridized carbons (Fsp3) is 0.235. The lowest BCUT2D eigenvalue weighted by molar-refractivity contribution is -0.111. The van der Waals surface area contributed by atoms with Crippen molar-refractivity contribution in [2.45, 2.75) is 4.90 Å². The number of hydrogen-bond donors (Lipinski definition) is 1. The fourth-order valence-corrected chi connectivity index (χ4v) is 4.64. The van der Waals surface area contributed by atoms with Crippen LogP contribution < -0.4 is 5.32 Å². The van der Waals surface area contributed by atoms with Gasteiger partial charge in [-0.1, -0.05) is 11.6 Å². The normalized spacial score (nSPS) is 16.0. The number of thiophene rings is 1. The smallest absolute Gasteiger partial charge is 0.248 e. The van der Waals surface area contributed by atoms with Gasteiger partial charge in [-0.05, 0) is 46.7 Å². The SMILES string of the molecule is O=C(/C=C/c1ccsc1)Nc1cc(S(=O)(=O)N2CCOCC2)ccc1Cl. The van der Waals surface area contributed by atoms with Gasteiger partial charge in [-0.3, -0.25) is 4.79 Å². The van der Waals surface area contributed by atoms with Crippen LogP contribution in [-0.2, 0) is 19.6 Å². The summed E-state index contributed by atoms with van der Waals surface area (Å²) < 4.78 is 32.0. The monoisotopic (exact) mass is 412 g/mol. The average molecular weight is 413 g/mol. The van der Waals surface area contributed by atoms with Crippen molar-refractivity contribution in [1.29, 1.82) is 0 Å². The summed E-state index contributed by atoms with van der Waals surface area (Å²) in [6.07, 6.45) is 3.05. The number of halogens is 1. The number of carbonyl (C=O) groups is 1. The largest absolute Gasteiger partial charge is 0.379 e. The maximum atomic E-state index is 12.7. The van der Waals surface area contributed by atoms with Crippen molar-refractivity contribution < 1.29 is 17.9 Å². The average Bonchev–Trinajstić information content (AvgIpc) is 3.16. The molecule has 2 heterocycles. The fourth-order valence-electron chi connectivity index (χ4n) is 2.41. The number of amides is 1. The Bertz CT molecular complexity index is 905. The third kappa shape index (κ3) is 4.52. The molecular weight excluding hydrogens is 396 g/mol. The first-order chi connectivity index (χ1) is 12.5. The Labute approximate surface area is 161 Å². The van der Waals surface area contributed by atoms with Gasteiger partial charge in [0, 0.05) is 19.2 Å². The molecule has 0 saturated carbocycles. The summed E-state index contributed by atoms with van der Waals surface area (Å²) in [4.78, 5) is 12.2. The Morgan fingerprint density at radius 3 is 2.73 bits per heavy atom. The van der Waals surface area contributed by atoms with Gasteiger partial charge in [0.1, 0.15) is 0 Å². The second-order valence-corrected chi connectivity index (χ2v) is 8.66. The van der Waals surface area contributed by atoms with Crippen molar-refractivity contribution in [2.24, 2.45) is 0 Å². The predicted molar refractivity (Wildman–Crippen MR) is 103 cm³/mol. The third-order valence-corrected chi connectivity index (χ3v) is 6.70. The van der Waals surface area contributed by atoms with E-state index in [2.05, 4.69) is 5.32 Å². The van der Waals surface area contributed by atoms with Crippen molar-refractivity contribution in [3.63, 3.8) is 0 Å². The van der Waals surface area contributed by atoms with Crippen molar-refractivity contribution in [3.8, 4) is 0 Å². The van der Waals surface area contributed by atoms with Gasteiger partial charge >= 0.3 is 0 Å². The molecule has 138 valence electrons. The molecule has 0 radical (unpaired) electrons. The lowest BCUT2D eigenvalue weighted by Gasteiger charge is -2.26. The number of benzene rings is 1. The molecule has 0 atom stereocenters. The van der Waals surface area contributed by atoms with Gasteiger partial charge in [0.05, 0.1) is 28.8 Å². The van der Waals surface area contributed by atoms with Crippen molar-refractivity contribution in [1.82, 2.24) is 4.31 Å². The molecule has 26 heavy (non-hydrogen) atoms. The highest BCUT2D eigenvalue weighted by Gasteiger charge is 2.27. The molecule has 0 aliphatic carbocycles. The van der Waals surface area contributed by atoms with Crippen LogP contribution in [0.25, 0.3) is 6.08 Å². The molecule has 1 saturated heterocycles. The van der Waals surface area contributed by atoms with Crippen LogP contribution in [0.5, 0.6) is 0 Å². The van der Waals surface area contributed by atoms with E-state index in [9.17, 15) is 13.2 Å². The van der Waals surface area contributed by atoms with Crippen molar-refractivity contribution in [2.75, 3.05) is 31.6 Å². The molecule has 3 rings (SSSR count). The highest BCUT2D eigenvalue weighted by Crippen LogP contribution is 2.27. The van der Waals surface area contributed by atoms with Crippen LogP contribution in [0.2, 0.25) is 5.02 Å². The first-order valence-corrected chi connectivity index (χ1v) is 10.6. The van der Waals surface area contributed by atoms with E-state index in [0.717, 1.165) is 5.56 Å². The molecular formula is C17H17ClN2O4S2. The van der Waals surface area contributed by atoms with Crippen LogP contribution in [0.3, 0.4) is 0 Å². The molecule has 1 aromatic carbocycles. The molecule has 0 bridgehead atoms. The second kappa shape index (κ2) is 8.32. The molecule has 0 spiro atoms. The number of anilines is 1. The zero-order chi connectivity index (χ0) is 18.6. The minimum absolute atomic E-state index is 0.0842. The summed E-state index contributed by atoms with van der Waals surface area (Å²) in [5, 5.41) is 6.71. The summed E-state index contributed by atoms with van der Waals surface area (Å²) in [5.41, 5.74) is 1.17. The van der Waals surface area contributed by atoms with Gasteiger partial charge in [0.25, 0.3) is 0 Å². The number of hydrogen-bond acceptors (Lipinski definition) is 5. The Morgan fingerprint density at radius 1 is 1.27 bits per heavy atom. The summed E-state index contributed by atoms with van der Waals surface area (Å²) in [6, 6.07) is 6.16. The van der Waals surface area contributed by atoms with E-state index in [1.165, 1.54) is 39.9 Å². The molecule has 9 heteroatoms. The second-order valence-electron chi connectivity index (χ2n) is 5.54. The number of ether oxygens (including phenoxy) is 1. The summed E-state index contributed by atoms with van der Waals surface area (Å²) in [6.45, 7) is 1.33. The molecule has 1 aliphatic heterocycles. The van der Waals surface area contributed by atoms with Gasteiger partial charge < -0.3 is 10.1 Å². The quantitative estimate of drug-likeness (QED) is 0.766. The zero-order valence-electron chi connectivity index (χ0n) is 13.7. The van der Waals surface area contributed by atoms with Gasteiger partial charge in [-0.2, -0.15) is 15.6 Å². The predicted octanol–water partition coefficient (Wildman–Crippen LogP) is 3.07. The van der Waals surface area contributed by atoms with E-state index in [1.807, 2.05) is 16.8 Å². The van der Waals surface area contributed by atoms with E-state index in [-0.39, 0.29) is 21.5 Å². The Morgan fingerprint density at radius 2 is 2.04 bits per heavy atom. The summed E-state index contributed by atoms with van der Waals surface area (Å²) in [5.74, 6) is -0.390. The molecule has 1 fully saturated rings. The van der Waals surface area contributed by atoms with Gasteiger partial charge in [0.15, 0.2) is 0 Å². The van der Waals surface area contributed by atoms with Gasteiger partial charge in [-0.25, -0.2) is 8.42 Å². The molecule has 1 amide bonds. The number of sulfonamides is 1. The maximum absolute atomic E-state index is 12.7. The standard InChI is InChI=1S/C17H17ClN2O4S2/c18-15-3-2-14(26(22,23)20-6-8-24-9-7-20)11-16(15)19-17(21)4-1-13-5-10-25-12-13/h1-5,10-12H,6-9H2,(H,19,21)/b4-1+. The van der Waals surface area contributed by atoms with E-state index in [1.54, 1.807) is 6.08 Å². The molecule has 0 unspecified atom stereocenters. The van der Waals surface area contributed by atoms with Crippen LogP contribution >= 0.6 is 22.9 Å². The van der Waals surface area contributed by atoms with Crippen LogP contribution in [0.15, 0.2) is 46.0 Å². The highest BCUT2D eigenvalue weighted by molar-refractivity contribution is 7.89. The van der Waals surface area contributed by atoms with Gasteiger partial charge in [0.2, 0.25) is 15.9 Å². The number of nitrogens with one attached hydrogen (secondary N) is 1. The van der Waals surface area contributed by atoms with E-state index >= 15 is 0 Å². The molecule has 1 N–H and O–H groups in total. The van der Waals surface area contributed by atoms with Gasteiger partial charge in [-0.15, -0.1) is 0 Å². The first kappa shape index (κ1) is 19.1. The number of rotatable bonds is 5. The topological polar surface area (TPSA) is 75.7 Å². The maximum Gasteiger partial charge on any atom is 0.248 e. The lowest BCUT2D eigenvalue weighted by atomic mass is 10.3. The van der Waals surface area contributed by atoms with Crippen molar-refractivity contribution >= 4 is 50.6 Å². The van der Waals surface area contributed by atoms with Crippen LogP contribution in [0, 0.1) is 0 Å². The summed E-state index contributed by atoms with van der Waals surface area (Å²) in [7, 11) is -3.66. The third-order valence-electron chi connectivity index (χ3n) is 3.77. The number of nitrogens with zero attached hydrogens (tertiary/aromatic N) is 1. The Hall–Kier alpha value is -1.71. The molecule has 2 aromatic rings. The number of carbonyl (C=O) groups excluding carboxylic acids is 1. The van der Waals surface area contributed by atoms with Crippen LogP contribution in [0.1, 0.15) is 5.56 Å². The van der Waals surface area contributed by atoms with Crippen LogP contribution in [-0.4, -0.2) is 44.9 Å². The Balaban J connectivity index is 1.78. The number of morpholine rings is 1. The molecule has 1 aromatic heterocycles. The minimum atomic E-state index is -3.66. The van der Waals surface area contributed by atoms with E-state index < -0.39 is 10.0 Å². The van der Waals surface area contributed by atoms with Crippen molar-refractivity contribution in [3.05, 3.63) is 51.7 Å². The molecule has 1 aliphatic rings. The summed E-state index contributed by atoms with van der Waals surface area (Å²) >= 11 is 7.64. The Kier molecular flexibility index (Phi) is 6.10. The first-order valence-electron chi connectivity index (χ1n) is 7.85. The zero-order valence-corrected chi connectivity index (χ0v) is 16.1. The lowest BCUT2D eigenvalue weighted by Crippen LogP contribution is -2.40. The van der Waals surface area contributed by atoms with Crippen LogP contribution in [0.4, 0.5) is 5.69 Å². The van der Waals surface area contributed by atoms with E-state index in [0.29, 0.717) is 26.3 Å². The minimum Gasteiger partial charge on any atom is -0.379 e. The molecule has 6 nitrogen and oxygen atoms in total. The van der Waals surface area contributed by atoms with E-state index in [4.69, 9.17) is 16.3 Å².